The number of hydrogen-bond acceptors (Lipinski definition) is 2. The van der Waals surface area contributed by atoms with Gasteiger partial charge in [0.15, 0.2) is 0 Å². The first-order valence-electron chi connectivity index (χ1n) is 8.86. The van der Waals surface area contributed by atoms with E-state index in [4.69, 9.17) is 0 Å². The summed E-state index contributed by atoms with van der Waals surface area (Å²) in [6.45, 7) is 4.68. The summed E-state index contributed by atoms with van der Waals surface area (Å²) in [5, 5.41) is 0. The van der Waals surface area contributed by atoms with Crippen LogP contribution >= 0.6 is 0 Å². The topological polar surface area (TPSA) is 37.4 Å². The Hall–Kier alpha value is -1.64. The number of rotatable bonds is 1. The van der Waals surface area contributed by atoms with Crippen molar-refractivity contribution < 1.29 is 9.59 Å². The van der Waals surface area contributed by atoms with Crippen LogP contribution < -0.4 is 0 Å². The second kappa shape index (κ2) is 3.88. The molecule has 0 radical (unpaired) electrons. The fourth-order valence-electron chi connectivity index (χ4n) is 6.28. The summed E-state index contributed by atoms with van der Waals surface area (Å²) in [5.74, 6) is 0.663. The van der Waals surface area contributed by atoms with E-state index in [0.717, 1.165) is 18.8 Å². The average molecular weight is 309 g/mol. The van der Waals surface area contributed by atoms with E-state index in [1.807, 2.05) is 12.1 Å². The highest BCUT2D eigenvalue weighted by atomic mass is 16.2. The second-order valence-electron chi connectivity index (χ2n) is 9.06. The lowest BCUT2D eigenvalue weighted by Crippen LogP contribution is -2.47. The van der Waals surface area contributed by atoms with Gasteiger partial charge in [0.25, 0.3) is 11.8 Å². The van der Waals surface area contributed by atoms with Crippen molar-refractivity contribution in [2.45, 2.75) is 57.9 Å². The van der Waals surface area contributed by atoms with Gasteiger partial charge in [-0.15, -0.1) is 0 Å². The molecule has 1 heterocycles. The summed E-state index contributed by atoms with van der Waals surface area (Å²) in [5.41, 5.74) is 1.39. The molecule has 3 aliphatic carbocycles. The van der Waals surface area contributed by atoms with Crippen LogP contribution in [0.3, 0.4) is 0 Å². The van der Waals surface area contributed by atoms with Gasteiger partial charge < -0.3 is 0 Å². The molecule has 0 spiro atoms. The van der Waals surface area contributed by atoms with E-state index in [9.17, 15) is 9.59 Å². The maximum atomic E-state index is 13.0. The van der Waals surface area contributed by atoms with Crippen molar-refractivity contribution in [2.24, 2.45) is 16.7 Å². The van der Waals surface area contributed by atoms with Crippen molar-refractivity contribution in [2.75, 3.05) is 0 Å². The van der Waals surface area contributed by atoms with Gasteiger partial charge in [-0.3, -0.25) is 14.5 Å². The molecule has 3 saturated carbocycles. The molecule has 3 nitrogen and oxygen atoms in total. The predicted molar refractivity (Wildman–Crippen MR) is 87.1 cm³/mol. The number of benzene rings is 1. The molecule has 120 valence electrons. The van der Waals surface area contributed by atoms with Crippen molar-refractivity contribution in [3.63, 3.8) is 0 Å². The average Bonchev–Trinajstić information content (AvgIpc) is 2.76. The van der Waals surface area contributed by atoms with E-state index in [1.54, 1.807) is 17.0 Å². The Morgan fingerprint density at radius 3 is 2.30 bits per heavy atom. The Bertz CT molecular complexity index is 721. The number of hydrogen-bond donors (Lipinski definition) is 0. The Morgan fingerprint density at radius 2 is 1.65 bits per heavy atom. The van der Waals surface area contributed by atoms with Crippen LogP contribution in [0.25, 0.3) is 0 Å². The number of carbonyl (C=O) groups excluding carboxylic acids is 2. The Morgan fingerprint density at radius 1 is 1.00 bits per heavy atom. The van der Waals surface area contributed by atoms with Gasteiger partial charge >= 0.3 is 0 Å². The first kappa shape index (κ1) is 13.8. The standard InChI is InChI=1S/C20H23NO2/c1-18-8-7-13(9-18)10-19(2)12-20(19,11-18)21-16(22)14-5-3-4-6-15(14)17(21)23/h3-6,13H,7-12H2,1-2H3. The normalized spacial score (nSPS) is 44.1. The zero-order valence-corrected chi connectivity index (χ0v) is 13.9. The number of fused-ring (bicyclic) bond motifs is 4. The molecule has 0 saturated heterocycles. The van der Waals surface area contributed by atoms with Gasteiger partial charge in [0.05, 0.1) is 16.7 Å². The van der Waals surface area contributed by atoms with E-state index in [0.29, 0.717) is 16.5 Å². The number of carbonyl (C=O) groups is 2. The highest BCUT2D eigenvalue weighted by Gasteiger charge is 2.74. The summed E-state index contributed by atoms with van der Waals surface area (Å²) in [6, 6.07) is 7.31. The zero-order chi connectivity index (χ0) is 16.0. The zero-order valence-electron chi connectivity index (χ0n) is 13.9. The van der Waals surface area contributed by atoms with Crippen LogP contribution in [0.1, 0.15) is 73.1 Å². The molecular weight excluding hydrogens is 286 g/mol. The van der Waals surface area contributed by atoms with Gasteiger partial charge in [-0.2, -0.15) is 0 Å². The molecule has 1 aliphatic heterocycles. The minimum atomic E-state index is -0.232. The quantitative estimate of drug-likeness (QED) is 0.734. The lowest BCUT2D eigenvalue weighted by molar-refractivity contribution is 0.0443. The van der Waals surface area contributed by atoms with Crippen LogP contribution in [-0.4, -0.2) is 22.3 Å². The maximum Gasteiger partial charge on any atom is 0.262 e. The molecular formula is C20H23NO2. The molecule has 2 bridgehead atoms. The third-order valence-corrected chi connectivity index (χ3v) is 7.30. The highest BCUT2D eigenvalue weighted by molar-refractivity contribution is 6.22. The molecule has 4 aliphatic rings. The molecule has 3 fully saturated rings. The van der Waals surface area contributed by atoms with Gasteiger partial charge in [-0.1, -0.05) is 26.0 Å². The smallest absolute Gasteiger partial charge is 0.262 e. The monoisotopic (exact) mass is 309 g/mol. The lowest BCUT2D eigenvalue weighted by Gasteiger charge is -2.36. The van der Waals surface area contributed by atoms with Crippen molar-refractivity contribution in [3.05, 3.63) is 35.4 Å². The third-order valence-electron chi connectivity index (χ3n) is 7.30. The second-order valence-corrected chi connectivity index (χ2v) is 9.06. The molecule has 23 heavy (non-hydrogen) atoms. The molecule has 1 aromatic rings. The van der Waals surface area contributed by atoms with Crippen LogP contribution in [0.4, 0.5) is 0 Å². The maximum absolute atomic E-state index is 13.0. The van der Waals surface area contributed by atoms with Gasteiger partial charge in [0.2, 0.25) is 0 Å². The fourth-order valence-corrected chi connectivity index (χ4v) is 6.28. The van der Waals surface area contributed by atoms with Crippen molar-refractivity contribution in [1.29, 1.82) is 0 Å². The summed E-state index contributed by atoms with van der Waals surface area (Å²) in [4.78, 5) is 27.7. The highest BCUT2D eigenvalue weighted by Crippen LogP contribution is 2.73. The summed E-state index contributed by atoms with van der Waals surface area (Å²) >= 11 is 0. The lowest BCUT2D eigenvalue weighted by atomic mass is 9.79. The van der Waals surface area contributed by atoms with E-state index < -0.39 is 0 Å². The van der Waals surface area contributed by atoms with E-state index in [-0.39, 0.29) is 22.8 Å². The van der Waals surface area contributed by atoms with Crippen LogP contribution in [-0.2, 0) is 0 Å². The predicted octanol–water partition coefficient (Wildman–Crippen LogP) is 4.03. The SMILES string of the molecule is CC12CCC(C1)CC1(C)CC1(N1C(=O)c3ccccc3C1=O)C2. The van der Waals surface area contributed by atoms with Crippen LogP contribution in [0, 0.1) is 16.7 Å². The molecule has 4 atom stereocenters. The van der Waals surface area contributed by atoms with Gasteiger partial charge in [0, 0.05) is 0 Å². The first-order valence-corrected chi connectivity index (χ1v) is 8.86. The first-order chi connectivity index (χ1) is 10.9. The number of amides is 2. The summed E-state index contributed by atoms with van der Waals surface area (Å²) in [7, 11) is 0. The van der Waals surface area contributed by atoms with Crippen LogP contribution in [0.2, 0.25) is 0 Å². The largest absolute Gasteiger partial charge is 0.269 e. The Kier molecular flexibility index (Phi) is 2.32. The third kappa shape index (κ3) is 1.56. The number of nitrogens with zero attached hydrogens (tertiary/aromatic N) is 1. The molecule has 4 unspecified atom stereocenters. The minimum Gasteiger partial charge on any atom is -0.269 e. The van der Waals surface area contributed by atoms with E-state index in [1.165, 1.54) is 25.7 Å². The van der Waals surface area contributed by atoms with Gasteiger partial charge in [-0.25, -0.2) is 0 Å². The molecule has 1 aromatic carbocycles. The van der Waals surface area contributed by atoms with Crippen molar-refractivity contribution in [3.8, 4) is 0 Å². The van der Waals surface area contributed by atoms with Gasteiger partial charge in [-0.05, 0) is 67.4 Å². The molecule has 2 amide bonds. The Balaban J connectivity index is 1.60. The fraction of sp³-hybridized carbons (Fsp3) is 0.600. The van der Waals surface area contributed by atoms with Crippen LogP contribution in [0.15, 0.2) is 24.3 Å². The molecule has 0 N–H and O–H groups in total. The van der Waals surface area contributed by atoms with Crippen molar-refractivity contribution in [1.82, 2.24) is 4.90 Å². The van der Waals surface area contributed by atoms with Gasteiger partial charge in [0.1, 0.15) is 0 Å². The minimum absolute atomic E-state index is 0.0595. The molecule has 5 rings (SSSR count). The van der Waals surface area contributed by atoms with Crippen molar-refractivity contribution >= 4 is 11.8 Å². The number of imide groups is 1. The molecule has 3 heteroatoms. The van der Waals surface area contributed by atoms with E-state index in [2.05, 4.69) is 13.8 Å². The van der Waals surface area contributed by atoms with E-state index >= 15 is 0 Å². The summed E-state index contributed by atoms with van der Waals surface area (Å²) < 4.78 is 0. The molecule has 0 aromatic heterocycles. The summed E-state index contributed by atoms with van der Waals surface area (Å²) in [6.07, 6.45) is 7.02. The Labute approximate surface area is 137 Å². The van der Waals surface area contributed by atoms with Crippen LogP contribution in [0.5, 0.6) is 0 Å².